The summed E-state index contributed by atoms with van der Waals surface area (Å²) in [7, 11) is -2.85. The minimum absolute atomic E-state index is 0.0726. The molecule has 0 bridgehead atoms. The second-order valence-corrected chi connectivity index (χ2v) is 10.4. The van der Waals surface area contributed by atoms with Gasteiger partial charge in [-0.2, -0.15) is 13.2 Å². The number of halogens is 4. The van der Waals surface area contributed by atoms with Gasteiger partial charge in [-0.3, -0.25) is 9.88 Å². The monoisotopic (exact) mass is 406 g/mol. The highest BCUT2D eigenvalue weighted by molar-refractivity contribution is 7.92. The van der Waals surface area contributed by atoms with E-state index in [-0.39, 0.29) is 28.5 Å². The first-order valence-corrected chi connectivity index (χ1v) is 11.1. The fourth-order valence-electron chi connectivity index (χ4n) is 5.03. The van der Waals surface area contributed by atoms with Gasteiger partial charge in [-0.25, -0.2) is 12.8 Å². The molecule has 0 amide bonds. The van der Waals surface area contributed by atoms with Crippen LogP contribution in [0.3, 0.4) is 0 Å². The van der Waals surface area contributed by atoms with E-state index in [1.54, 1.807) is 0 Å². The molecule has 4 rings (SSSR count). The van der Waals surface area contributed by atoms with Gasteiger partial charge in [-0.15, -0.1) is 0 Å². The van der Waals surface area contributed by atoms with Crippen LogP contribution >= 0.6 is 0 Å². The number of likely N-dealkylation sites (tertiary alicyclic amines) is 1. The lowest BCUT2D eigenvalue weighted by atomic mass is 9.83. The number of hydrogen-bond acceptors (Lipinski definition) is 4. The molecule has 1 aromatic rings. The first kappa shape index (κ1) is 19.1. The second-order valence-electron chi connectivity index (χ2n) is 8.35. The van der Waals surface area contributed by atoms with Crippen molar-refractivity contribution in [2.75, 3.05) is 24.6 Å². The van der Waals surface area contributed by atoms with E-state index in [0.717, 1.165) is 32.4 Å². The Morgan fingerprint density at radius 3 is 2.37 bits per heavy atom. The number of alkyl halides is 3. The summed E-state index contributed by atoms with van der Waals surface area (Å²) in [5, 5.41) is 0. The van der Waals surface area contributed by atoms with E-state index in [2.05, 4.69) is 9.88 Å². The third-order valence-corrected chi connectivity index (χ3v) is 8.42. The number of nitrogens with zero attached hydrogens (tertiary/aromatic N) is 2. The minimum Gasteiger partial charge on any atom is -0.300 e. The Balaban J connectivity index is 1.36. The molecule has 1 aromatic heterocycles. The SMILES string of the molecule is O=S1(=O)CC2(CCN([C@H]3CC[C@H](c4ncc(C(F)(F)F)cc4F)CC3)C2)C1. The van der Waals surface area contributed by atoms with Crippen LogP contribution in [-0.4, -0.2) is 48.9 Å². The van der Waals surface area contributed by atoms with E-state index < -0.39 is 27.4 Å². The van der Waals surface area contributed by atoms with E-state index >= 15 is 0 Å². The van der Waals surface area contributed by atoms with E-state index in [0.29, 0.717) is 31.1 Å². The van der Waals surface area contributed by atoms with Gasteiger partial charge in [0.1, 0.15) is 5.82 Å². The lowest BCUT2D eigenvalue weighted by Crippen LogP contribution is -2.51. The van der Waals surface area contributed by atoms with Crippen LogP contribution in [0.4, 0.5) is 17.6 Å². The number of aromatic nitrogens is 1. The topological polar surface area (TPSA) is 50.3 Å². The quantitative estimate of drug-likeness (QED) is 0.707. The van der Waals surface area contributed by atoms with Crippen LogP contribution in [0.25, 0.3) is 0 Å². The molecule has 1 spiro atoms. The van der Waals surface area contributed by atoms with E-state index in [9.17, 15) is 26.0 Å². The maximum Gasteiger partial charge on any atom is 0.417 e. The van der Waals surface area contributed by atoms with Crippen molar-refractivity contribution in [3.05, 3.63) is 29.3 Å². The van der Waals surface area contributed by atoms with Crippen LogP contribution in [0.15, 0.2) is 12.3 Å². The molecule has 150 valence electrons. The minimum atomic E-state index is -4.59. The number of rotatable bonds is 2. The van der Waals surface area contributed by atoms with Crippen molar-refractivity contribution in [1.82, 2.24) is 9.88 Å². The standard InChI is InChI=1S/C18H22F4N2O2S/c19-15-7-13(18(20,21)22)8-23-16(15)12-1-3-14(4-2-12)24-6-5-17(9-24)10-27(25,26)11-17/h7-8,12,14H,1-6,9-11H2/t12-,14-. The number of hydrogen-bond donors (Lipinski definition) is 0. The van der Waals surface area contributed by atoms with Crippen molar-refractivity contribution in [1.29, 1.82) is 0 Å². The molecule has 2 saturated heterocycles. The Labute approximate surface area is 155 Å². The molecule has 1 saturated carbocycles. The summed E-state index contributed by atoms with van der Waals surface area (Å²) in [5.74, 6) is -0.476. The van der Waals surface area contributed by atoms with E-state index in [1.807, 2.05) is 0 Å². The van der Waals surface area contributed by atoms with Gasteiger partial charge < -0.3 is 0 Å². The lowest BCUT2D eigenvalue weighted by molar-refractivity contribution is -0.138. The summed E-state index contributed by atoms with van der Waals surface area (Å²) in [5.41, 5.74) is -1.00. The van der Waals surface area contributed by atoms with E-state index in [1.165, 1.54) is 0 Å². The van der Waals surface area contributed by atoms with Crippen molar-refractivity contribution in [3.63, 3.8) is 0 Å². The van der Waals surface area contributed by atoms with Gasteiger partial charge in [0.15, 0.2) is 9.84 Å². The molecule has 4 nitrogen and oxygen atoms in total. The van der Waals surface area contributed by atoms with Crippen molar-refractivity contribution in [2.45, 2.75) is 50.2 Å². The van der Waals surface area contributed by atoms with Crippen molar-refractivity contribution in [3.8, 4) is 0 Å². The molecule has 3 aliphatic rings. The number of sulfone groups is 1. The average Bonchev–Trinajstić information content (AvgIpc) is 2.97. The first-order chi connectivity index (χ1) is 12.6. The van der Waals surface area contributed by atoms with Crippen LogP contribution in [0.5, 0.6) is 0 Å². The zero-order valence-electron chi connectivity index (χ0n) is 14.8. The summed E-state index contributed by atoms with van der Waals surface area (Å²) in [4.78, 5) is 6.13. The van der Waals surface area contributed by atoms with Gasteiger partial charge in [0.05, 0.1) is 22.8 Å². The molecule has 1 aliphatic carbocycles. The molecule has 0 N–H and O–H groups in total. The molecule has 0 radical (unpaired) electrons. The van der Waals surface area contributed by atoms with Gasteiger partial charge in [0.25, 0.3) is 0 Å². The zero-order valence-corrected chi connectivity index (χ0v) is 15.6. The predicted molar refractivity (Wildman–Crippen MR) is 91.5 cm³/mol. The van der Waals surface area contributed by atoms with Crippen LogP contribution in [-0.2, 0) is 16.0 Å². The first-order valence-electron chi connectivity index (χ1n) is 9.24. The summed E-state index contributed by atoms with van der Waals surface area (Å²) >= 11 is 0. The normalized spacial score (nSPS) is 30.4. The second kappa shape index (κ2) is 6.40. The van der Waals surface area contributed by atoms with Crippen LogP contribution in [0.2, 0.25) is 0 Å². The van der Waals surface area contributed by atoms with Gasteiger partial charge >= 0.3 is 6.18 Å². The Morgan fingerprint density at radius 1 is 1.15 bits per heavy atom. The molecule has 3 heterocycles. The molecular weight excluding hydrogens is 384 g/mol. The fourth-order valence-corrected chi connectivity index (χ4v) is 7.28. The molecule has 0 atom stereocenters. The highest BCUT2D eigenvalue weighted by Crippen LogP contribution is 2.44. The van der Waals surface area contributed by atoms with Crippen molar-refractivity contribution < 1.29 is 26.0 Å². The zero-order chi connectivity index (χ0) is 19.4. The van der Waals surface area contributed by atoms with Gasteiger partial charge in [-0.05, 0) is 44.7 Å². The highest BCUT2D eigenvalue weighted by Gasteiger charge is 2.53. The Bertz CT molecular complexity index is 820. The summed E-state index contributed by atoms with van der Waals surface area (Å²) in [6, 6.07) is 0.872. The molecule has 27 heavy (non-hydrogen) atoms. The summed E-state index contributed by atoms with van der Waals surface area (Å²) in [6.45, 7) is 1.69. The molecule has 9 heteroatoms. The predicted octanol–water partition coefficient (Wildman–Crippen LogP) is 3.39. The molecule has 0 aromatic carbocycles. The molecular formula is C18H22F4N2O2S. The Hall–Kier alpha value is -1.22. The van der Waals surface area contributed by atoms with E-state index in [4.69, 9.17) is 0 Å². The van der Waals surface area contributed by atoms with Gasteiger partial charge in [0, 0.05) is 30.1 Å². The van der Waals surface area contributed by atoms with Crippen molar-refractivity contribution >= 4 is 9.84 Å². The Kier molecular flexibility index (Phi) is 4.53. The maximum atomic E-state index is 14.2. The molecule has 3 fully saturated rings. The summed E-state index contributed by atoms with van der Waals surface area (Å²) in [6.07, 6.45) is 0.0481. The largest absolute Gasteiger partial charge is 0.417 e. The Morgan fingerprint density at radius 2 is 1.81 bits per heavy atom. The summed E-state index contributed by atoms with van der Waals surface area (Å²) < 4.78 is 75.2. The highest BCUT2D eigenvalue weighted by atomic mass is 32.2. The van der Waals surface area contributed by atoms with Crippen LogP contribution in [0.1, 0.15) is 49.3 Å². The fraction of sp³-hybridized carbons (Fsp3) is 0.722. The molecule has 2 aliphatic heterocycles. The average molecular weight is 406 g/mol. The third-order valence-electron chi connectivity index (χ3n) is 6.32. The van der Waals surface area contributed by atoms with Crippen LogP contribution < -0.4 is 0 Å². The lowest BCUT2D eigenvalue weighted by Gasteiger charge is -2.40. The maximum absolute atomic E-state index is 14.2. The van der Waals surface area contributed by atoms with Crippen LogP contribution in [0, 0.1) is 11.2 Å². The smallest absolute Gasteiger partial charge is 0.300 e. The molecule has 0 unspecified atom stereocenters. The number of pyridine rings is 1. The van der Waals surface area contributed by atoms with Gasteiger partial charge in [0.2, 0.25) is 0 Å². The third kappa shape index (κ3) is 3.72. The van der Waals surface area contributed by atoms with Gasteiger partial charge in [-0.1, -0.05) is 0 Å². The van der Waals surface area contributed by atoms with Crippen molar-refractivity contribution in [2.24, 2.45) is 5.41 Å².